The Morgan fingerprint density at radius 1 is 0.909 bits per heavy atom. The van der Waals surface area contributed by atoms with E-state index < -0.39 is 0 Å². The van der Waals surface area contributed by atoms with Gasteiger partial charge in [-0.05, 0) is 18.2 Å². The minimum atomic E-state index is 0.0396. The van der Waals surface area contributed by atoms with Crippen molar-refractivity contribution >= 4 is 0 Å². The van der Waals surface area contributed by atoms with Crippen LogP contribution in [-0.4, -0.2) is 38.4 Å². The van der Waals surface area contributed by atoms with Gasteiger partial charge in [-0.1, -0.05) is 60.7 Å². The summed E-state index contributed by atoms with van der Waals surface area (Å²) in [5.41, 5.74) is 2.48. The molecule has 0 spiro atoms. The normalized spacial score (nSPS) is 12.5. The zero-order valence-electron chi connectivity index (χ0n) is 13.4. The minimum Gasteiger partial charge on any atom is -0.383 e. The summed E-state index contributed by atoms with van der Waals surface area (Å²) in [5.74, 6) is 0. The Morgan fingerprint density at radius 2 is 1.50 bits per heavy atom. The summed E-state index contributed by atoms with van der Waals surface area (Å²) in [6.07, 6.45) is 0.909. The van der Waals surface area contributed by atoms with Gasteiger partial charge < -0.3 is 9.47 Å². The van der Waals surface area contributed by atoms with Crippen molar-refractivity contribution in [1.29, 1.82) is 0 Å². The smallest absolute Gasteiger partial charge is 0.114 e. The molecule has 0 aliphatic carbocycles. The number of likely N-dealkylation sites (N-methyl/N-ethyl adjacent to an activating group) is 1. The van der Waals surface area contributed by atoms with Gasteiger partial charge in [0.05, 0.1) is 13.2 Å². The van der Waals surface area contributed by atoms with E-state index in [1.165, 1.54) is 11.1 Å². The van der Waals surface area contributed by atoms with E-state index in [9.17, 15) is 0 Å². The van der Waals surface area contributed by atoms with Crippen LogP contribution in [0.2, 0.25) is 0 Å². The maximum Gasteiger partial charge on any atom is 0.114 e. The SMILES string of the molecule is COCCN(C)C(Cc1ccccc1)OCc1ccccc1. The largest absolute Gasteiger partial charge is 0.383 e. The first kappa shape index (κ1) is 16.7. The molecule has 0 saturated heterocycles. The topological polar surface area (TPSA) is 21.7 Å². The van der Waals surface area contributed by atoms with Crippen LogP contribution in [0.3, 0.4) is 0 Å². The first-order valence-corrected chi connectivity index (χ1v) is 7.68. The second-order valence-corrected chi connectivity index (χ2v) is 5.41. The third-order valence-electron chi connectivity index (χ3n) is 3.68. The number of hydrogen-bond acceptors (Lipinski definition) is 3. The quantitative estimate of drug-likeness (QED) is 0.663. The number of hydrogen-bond donors (Lipinski definition) is 0. The minimum absolute atomic E-state index is 0.0396. The van der Waals surface area contributed by atoms with E-state index in [0.29, 0.717) is 13.2 Å². The van der Waals surface area contributed by atoms with Crippen LogP contribution in [0.4, 0.5) is 0 Å². The molecule has 0 amide bonds. The maximum absolute atomic E-state index is 6.16. The summed E-state index contributed by atoms with van der Waals surface area (Å²) in [7, 11) is 3.81. The molecule has 0 aliphatic heterocycles. The van der Waals surface area contributed by atoms with Crippen LogP contribution in [0, 0.1) is 0 Å². The van der Waals surface area contributed by atoms with Crippen molar-refractivity contribution in [2.24, 2.45) is 0 Å². The maximum atomic E-state index is 6.16. The van der Waals surface area contributed by atoms with Gasteiger partial charge in [0, 0.05) is 20.1 Å². The molecule has 0 N–H and O–H groups in total. The molecule has 0 heterocycles. The molecule has 2 aromatic carbocycles. The molecule has 3 heteroatoms. The van der Waals surface area contributed by atoms with Crippen molar-refractivity contribution < 1.29 is 9.47 Å². The fourth-order valence-corrected chi connectivity index (χ4v) is 2.30. The molecule has 0 aromatic heterocycles. The number of methoxy groups -OCH3 is 1. The highest BCUT2D eigenvalue weighted by Crippen LogP contribution is 2.12. The van der Waals surface area contributed by atoms with Gasteiger partial charge in [-0.15, -0.1) is 0 Å². The van der Waals surface area contributed by atoms with Gasteiger partial charge in [0.25, 0.3) is 0 Å². The Morgan fingerprint density at radius 3 is 2.09 bits per heavy atom. The molecular weight excluding hydrogens is 274 g/mol. The number of nitrogens with zero attached hydrogens (tertiary/aromatic N) is 1. The Bertz CT molecular complexity index is 515. The van der Waals surface area contributed by atoms with Crippen molar-refractivity contribution in [3.8, 4) is 0 Å². The Kier molecular flexibility index (Phi) is 7.10. The van der Waals surface area contributed by atoms with Crippen LogP contribution in [0.1, 0.15) is 11.1 Å². The van der Waals surface area contributed by atoms with Crippen molar-refractivity contribution in [3.05, 3.63) is 71.8 Å². The van der Waals surface area contributed by atoms with Gasteiger partial charge in [-0.25, -0.2) is 0 Å². The number of benzene rings is 2. The van der Waals surface area contributed by atoms with Gasteiger partial charge in [0.15, 0.2) is 0 Å². The monoisotopic (exact) mass is 299 g/mol. The highest BCUT2D eigenvalue weighted by molar-refractivity contribution is 5.16. The zero-order chi connectivity index (χ0) is 15.6. The van der Waals surface area contributed by atoms with Crippen molar-refractivity contribution in [2.75, 3.05) is 27.3 Å². The Hall–Kier alpha value is -1.68. The summed E-state index contributed by atoms with van der Waals surface area (Å²) in [6, 6.07) is 20.7. The third-order valence-corrected chi connectivity index (χ3v) is 3.68. The number of rotatable bonds is 9. The van der Waals surface area contributed by atoms with E-state index in [1.807, 2.05) is 24.3 Å². The molecule has 3 nitrogen and oxygen atoms in total. The standard InChI is InChI=1S/C19H25NO2/c1-20(13-14-21-2)19(15-17-9-5-3-6-10-17)22-16-18-11-7-4-8-12-18/h3-12,19H,13-16H2,1-2H3. The molecule has 1 unspecified atom stereocenters. The van der Waals surface area contributed by atoms with Crippen LogP contribution >= 0.6 is 0 Å². The average molecular weight is 299 g/mol. The van der Waals surface area contributed by atoms with E-state index in [2.05, 4.69) is 48.3 Å². The third kappa shape index (κ3) is 5.60. The van der Waals surface area contributed by atoms with Crippen LogP contribution in [0.25, 0.3) is 0 Å². The first-order valence-electron chi connectivity index (χ1n) is 7.68. The van der Waals surface area contributed by atoms with Crippen LogP contribution in [-0.2, 0) is 22.5 Å². The van der Waals surface area contributed by atoms with Crippen molar-refractivity contribution in [2.45, 2.75) is 19.3 Å². The second-order valence-electron chi connectivity index (χ2n) is 5.41. The lowest BCUT2D eigenvalue weighted by Crippen LogP contribution is -2.38. The lowest BCUT2D eigenvalue weighted by Gasteiger charge is -2.28. The molecule has 1 atom stereocenters. The van der Waals surface area contributed by atoms with Gasteiger partial charge in [-0.2, -0.15) is 0 Å². The Labute approximate surface area is 133 Å². The summed E-state index contributed by atoms with van der Waals surface area (Å²) in [5, 5.41) is 0. The molecule has 0 bridgehead atoms. The van der Waals surface area contributed by atoms with E-state index >= 15 is 0 Å². The lowest BCUT2D eigenvalue weighted by atomic mass is 10.1. The lowest BCUT2D eigenvalue weighted by molar-refractivity contribution is -0.0624. The van der Waals surface area contributed by atoms with Gasteiger partial charge >= 0.3 is 0 Å². The number of ether oxygens (including phenoxy) is 2. The highest BCUT2D eigenvalue weighted by atomic mass is 16.5. The molecule has 2 rings (SSSR count). The molecule has 0 fully saturated rings. The van der Waals surface area contributed by atoms with Crippen LogP contribution < -0.4 is 0 Å². The zero-order valence-corrected chi connectivity index (χ0v) is 13.4. The fraction of sp³-hybridized carbons (Fsp3) is 0.368. The molecular formula is C19H25NO2. The summed E-state index contributed by atoms with van der Waals surface area (Å²) in [4.78, 5) is 2.21. The summed E-state index contributed by atoms with van der Waals surface area (Å²) in [6.45, 7) is 2.18. The summed E-state index contributed by atoms with van der Waals surface area (Å²) < 4.78 is 11.3. The predicted octanol–water partition coefficient (Wildman–Crippen LogP) is 3.35. The molecule has 2 aromatic rings. The molecule has 0 radical (unpaired) electrons. The van der Waals surface area contributed by atoms with Crippen LogP contribution in [0.15, 0.2) is 60.7 Å². The average Bonchev–Trinajstić information content (AvgIpc) is 2.58. The first-order chi connectivity index (χ1) is 10.8. The van der Waals surface area contributed by atoms with Crippen molar-refractivity contribution in [3.63, 3.8) is 0 Å². The molecule has 22 heavy (non-hydrogen) atoms. The van der Waals surface area contributed by atoms with Gasteiger partial charge in [-0.3, -0.25) is 4.90 Å². The second kappa shape index (κ2) is 9.36. The molecule has 0 saturated carbocycles. The highest BCUT2D eigenvalue weighted by Gasteiger charge is 2.16. The van der Waals surface area contributed by atoms with Gasteiger partial charge in [0.1, 0.15) is 6.23 Å². The molecule has 0 aliphatic rings. The Balaban J connectivity index is 1.97. The summed E-state index contributed by atoms with van der Waals surface area (Å²) >= 11 is 0. The van der Waals surface area contributed by atoms with E-state index in [-0.39, 0.29) is 6.23 Å². The fourth-order valence-electron chi connectivity index (χ4n) is 2.30. The molecule has 118 valence electrons. The van der Waals surface area contributed by atoms with E-state index in [1.54, 1.807) is 7.11 Å². The van der Waals surface area contributed by atoms with Crippen molar-refractivity contribution in [1.82, 2.24) is 4.90 Å². The van der Waals surface area contributed by atoms with Gasteiger partial charge in [0.2, 0.25) is 0 Å². The predicted molar refractivity (Wildman–Crippen MR) is 89.7 cm³/mol. The van der Waals surface area contributed by atoms with E-state index in [4.69, 9.17) is 9.47 Å². The van der Waals surface area contributed by atoms with Crippen LogP contribution in [0.5, 0.6) is 0 Å². The van der Waals surface area contributed by atoms with E-state index in [0.717, 1.165) is 13.0 Å².